The number of likely N-dealkylation sites (N-methyl/N-ethyl adjacent to an activating group) is 1. The van der Waals surface area contributed by atoms with Gasteiger partial charge >= 0.3 is 0 Å². The van der Waals surface area contributed by atoms with Crippen LogP contribution in [0.15, 0.2) is 17.0 Å². The lowest BCUT2D eigenvalue weighted by atomic mass is 10.0. The number of benzene rings is 1. The number of hydrogen-bond acceptors (Lipinski definition) is 6. The minimum Gasteiger partial charge on any atom is -0.383 e. The average Bonchev–Trinajstić information content (AvgIpc) is 2.95. The molecule has 2 atom stereocenters. The first-order chi connectivity index (χ1) is 11.6. The molecule has 1 aromatic carbocycles. The number of aryl methyl sites for hydroxylation is 1. The Morgan fingerprint density at radius 3 is 2.56 bits per heavy atom. The van der Waals surface area contributed by atoms with E-state index in [4.69, 9.17) is 9.88 Å². The molecule has 2 rings (SSSR count). The quantitative estimate of drug-likeness (QED) is 0.645. The van der Waals surface area contributed by atoms with Crippen LogP contribution in [-0.2, 0) is 14.8 Å². The van der Waals surface area contributed by atoms with Crippen LogP contribution in [0, 0.1) is 13.8 Å². The number of primary sulfonamides is 1. The maximum Gasteiger partial charge on any atom is 0.253 e. The molecule has 8 nitrogen and oxygen atoms in total. The number of carbonyl (C=O) groups excluding carboxylic acids is 1. The number of nitrogens with two attached hydrogens (primary N) is 1. The van der Waals surface area contributed by atoms with Crippen molar-refractivity contribution in [3.05, 3.63) is 28.8 Å². The molecule has 1 saturated heterocycles. The van der Waals surface area contributed by atoms with Crippen molar-refractivity contribution < 1.29 is 17.9 Å². The van der Waals surface area contributed by atoms with Gasteiger partial charge in [0.15, 0.2) is 0 Å². The predicted octanol–water partition coefficient (Wildman–Crippen LogP) is -0.0957. The monoisotopic (exact) mass is 370 g/mol. The lowest BCUT2D eigenvalue weighted by molar-refractivity contribution is 0.0782. The number of ether oxygens (including phenoxy) is 1. The third kappa shape index (κ3) is 4.77. The zero-order valence-corrected chi connectivity index (χ0v) is 15.8. The van der Waals surface area contributed by atoms with Crippen LogP contribution >= 0.6 is 0 Å². The van der Waals surface area contributed by atoms with Gasteiger partial charge in [0.2, 0.25) is 10.0 Å². The van der Waals surface area contributed by atoms with Crippen molar-refractivity contribution in [1.82, 2.24) is 15.8 Å². The summed E-state index contributed by atoms with van der Waals surface area (Å²) in [6, 6.07) is 3.34. The first-order valence-corrected chi connectivity index (χ1v) is 9.57. The van der Waals surface area contributed by atoms with Crippen LogP contribution < -0.4 is 16.0 Å². The Balaban J connectivity index is 2.14. The molecule has 1 heterocycles. The fraction of sp³-hybridized carbons (Fsp3) is 0.562. The molecule has 25 heavy (non-hydrogen) atoms. The van der Waals surface area contributed by atoms with Crippen molar-refractivity contribution in [2.24, 2.45) is 5.14 Å². The second-order valence-corrected chi connectivity index (χ2v) is 8.05. The Bertz CT molecular complexity index is 751. The van der Waals surface area contributed by atoms with Gasteiger partial charge in [-0.3, -0.25) is 15.6 Å². The van der Waals surface area contributed by atoms with Crippen LogP contribution in [0.3, 0.4) is 0 Å². The Kier molecular flexibility index (Phi) is 6.17. The summed E-state index contributed by atoms with van der Waals surface area (Å²) >= 11 is 0. The van der Waals surface area contributed by atoms with E-state index in [2.05, 4.69) is 10.9 Å². The first-order valence-electron chi connectivity index (χ1n) is 8.03. The van der Waals surface area contributed by atoms with E-state index < -0.39 is 10.0 Å². The van der Waals surface area contributed by atoms with E-state index >= 15 is 0 Å². The summed E-state index contributed by atoms with van der Waals surface area (Å²) in [6.45, 7) is 4.52. The maximum atomic E-state index is 12.7. The third-order valence-electron chi connectivity index (χ3n) is 4.44. The Morgan fingerprint density at radius 2 is 1.96 bits per heavy atom. The summed E-state index contributed by atoms with van der Waals surface area (Å²) in [5, 5.41) is 5.26. The molecule has 0 saturated carbocycles. The minimum atomic E-state index is -3.88. The molecule has 1 aromatic rings. The normalized spacial score (nSPS) is 20.7. The van der Waals surface area contributed by atoms with Crippen molar-refractivity contribution >= 4 is 15.9 Å². The molecule has 1 amide bonds. The molecule has 0 radical (unpaired) electrons. The van der Waals surface area contributed by atoms with E-state index in [1.165, 1.54) is 6.07 Å². The van der Waals surface area contributed by atoms with Gasteiger partial charge in [-0.15, -0.1) is 0 Å². The molecule has 1 aliphatic rings. The number of sulfonamides is 1. The first kappa shape index (κ1) is 19.8. The van der Waals surface area contributed by atoms with Gasteiger partial charge in [0.05, 0.1) is 11.5 Å². The number of hydrogen-bond donors (Lipinski definition) is 3. The fourth-order valence-electron chi connectivity index (χ4n) is 3.01. The minimum absolute atomic E-state index is 0.00920. The summed E-state index contributed by atoms with van der Waals surface area (Å²) in [5.74, 6) is -0.245. The van der Waals surface area contributed by atoms with Crippen molar-refractivity contribution in [3.63, 3.8) is 0 Å². The Hall–Kier alpha value is -1.52. The van der Waals surface area contributed by atoms with Crippen LogP contribution in [0.5, 0.6) is 0 Å². The van der Waals surface area contributed by atoms with E-state index in [0.717, 1.165) is 6.42 Å². The van der Waals surface area contributed by atoms with E-state index in [0.29, 0.717) is 29.8 Å². The summed E-state index contributed by atoms with van der Waals surface area (Å²) < 4.78 is 28.6. The van der Waals surface area contributed by atoms with Crippen LogP contribution in [0.25, 0.3) is 0 Å². The zero-order chi connectivity index (χ0) is 18.8. The summed E-state index contributed by atoms with van der Waals surface area (Å²) in [7, 11) is -0.540. The van der Waals surface area contributed by atoms with Crippen LogP contribution in [0.1, 0.15) is 27.9 Å². The largest absolute Gasteiger partial charge is 0.383 e. The van der Waals surface area contributed by atoms with Gasteiger partial charge in [-0.2, -0.15) is 0 Å². The number of carbonyl (C=O) groups is 1. The Labute approximate surface area is 148 Å². The SMILES string of the molecule is COCC1CC(CN(C)C(=O)c2cc(C)c(C)c(S(N)(=O)=O)c2)NN1. The smallest absolute Gasteiger partial charge is 0.253 e. The van der Waals surface area contributed by atoms with Crippen LogP contribution in [-0.4, -0.2) is 58.6 Å². The number of rotatable bonds is 6. The van der Waals surface area contributed by atoms with Crippen molar-refractivity contribution in [3.8, 4) is 0 Å². The summed E-state index contributed by atoms with van der Waals surface area (Å²) in [4.78, 5) is 14.3. The summed E-state index contributed by atoms with van der Waals surface area (Å²) in [5.41, 5.74) is 7.86. The fourth-order valence-corrected chi connectivity index (χ4v) is 3.89. The third-order valence-corrected chi connectivity index (χ3v) is 5.48. The molecule has 0 aliphatic carbocycles. The van der Waals surface area contributed by atoms with Gasteiger partial charge in [0.25, 0.3) is 5.91 Å². The van der Waals surface area contributed by atoms with Gasteiger partial charge in [0.1, 0.15) is 0 Å². The lowest BCUT2D eigenvalue weighted by Crippen LogP contribution is -2.41. The van der Waals surface area contributed by atoms with Gasteiger partial charge < -0.3 is 9.64 Å². The van der Waals surface area contributed by atoms with Crippen molar-refractivity contribution in [2.45, 2.75) is 37.2 Å². The molecule has 1 aliphatic heterocycles. The van der Waals surface area contributed by atoms with E-state index in [-0.39, 0.29) is 22.9 Å². The molecule has 0 aromatic heterocycles. The highest BCUT2D eigenvalue weighted by Crippen LogP contribution is 2.21. The molecular weight excluding hydrogens is 344 g/mol. The standard InChI is InChI=1S/C16H26N4O4S/c1-10-5-12(6-15(11(10)2)25(17,22)23)16(21)20(3)8-13-7-14(9-24-4)19-18-13/h5-6,13-14,18-19H,7-9H2,1-4H3,(H2,17,22,23). The highest BCUT2D eigenvalue weighted by molar-refractivity contribution is 7.89. The van der Waals surface area contributed by atoms with Gasteiger partial charge in [0, 0.05) is 38.3 Å². The molecule has 2 unspecified atom stereocenters. The molecule has 140 valence electrons. The van der Waals surface area contributed by atoms with E-state index in [1.54, 1.807) is 39.0 Å². The maximum absolute atomic E-state index is 12.7. The highest BCUT2D eigenvalue weighted by Gasteiger charge is 2.26. The van der Waals surface area contributed by atoms with Gasteiger partial charge in [-0.1, -0.05) is 0 Å². The molecule has 0 bridgehead atoms. The molecule has 4 N–H and O–H groups in total. The van der Waals surface area contributed by atoms with Crippen molar-refractivity contribution in [2.75, 3.05) is 27.3 Å². The van der Waals surface area contributed by atoms with E-state index in [1.807, 2.05) is 0 Å². The molecule has 9 heteroatoms. The van der Waals surface area contributed by atoms with Crippen LogP contribution in [0.4, 0.5) is 0 Å². The number of nitrogens with one attached hydrogen (secondary N) is 2. The molecule has 0 spiro atoms. The highest BCUT2D eigenvalue weighted by atomic mass is 32.2. The number of nitrogens with zero attached hydrogens (tertiary/aromatic N) is 1. The topological polar surface area (TPSA) is 114 Å². The van der Waals surface area contributed by atoms with Gasteiger partial charge in [-0.05, 0) is 43.5 Å². The molecular formula is C16H26N4O4S. The average molecular weight is 370 g/mol. The second-order valence-electron chi connectivity index (χ2n) is 6.52. The van der Waals surface area contributed by atoms with E-state index in [9.17, 15) is 13.2 Å². The predicted molar refractivity (Wildman–Crippen MR) is 94.6 cm³/mol. The number of amides is 1. The Morgan fingerprint density at radius 1 is 1.32 bits per heavy atom. The summed E-state index contributed by atoms with van der Waals surface area (Å²) in [6.07, 6.45) is 0.834. The van der Waals surface area contributed by atoms with Crippen molar-refractivity contribution in [1.29, 1.82) is 0 Å². The van der Waals surface area contributed by atoms with Gasteiger partial charge in [-0.25, -0.2) is 13.6 Å². The number of hydrazine groups is 1. The second kappa shape index (κ2) is 7.79. The zero-order valence-electron chi connectivity index (χ0n) is 15.0. The number of methoxy groups -OCH3 is 1. The molecule has 1 fully saturated rings. The lowest BCUT2D eigenvalue weighted by Gasteiger charge is -2.22. The van der Waals surface area contributed by atoms with Crippen LogP contribution in [0.2, 0.25) is 0 Å².